The van der Waals surface area contributed by atoms with Gasteiger partial charge in [-0.25, -0.2) is 4.79 Å². The number of anilines is 1. The SMILES string of the molecule is O=C(O)C1COCCN1c1cc(Cl)ccc1[N+](=O)[O-]. The first-order valence-corrected chi connectivity index (χ1v) is 5.89. The van der Waals surface area contributed by atoms with Crippen molar-refractivity contribution < 1.29 is 19.6 Å². The number of hydrogen-bond donors (Lipinski definition) is 1. The van der Waals surface area contributed by atoms with Crippen LogP contribution >= 0.6 is 11.6 Å². The number of hydrogen-bond acceptors (Lipinski definition) is 5. The van der Waals surface area contributed by atoms with Gasteiger partial charge in [0, 0.05) is 17.6 Å². The summed E-state index contributed by atoms with van der Waals surface area (Å²) in [5.74, 6) is -1.09. The number of benzene rings is 1. The number of rotatable bonds is 3. The molecule has 1 unspecified atom stereocenters. The van der Waals surface area contributed by atoms with E-state index in [9.17, 15) is 14.9 Å². The van der Waals surface area contributed by atoms with Crippen LogP contribution in [-0.2, 0) is 9.53 Å². The van der Waals surface area contributed by atoms with Crippen LogP contribution in [0.25, 0.3) is 0 Å². The summed E-state index contributed by atoms with van der Waals surface area (Å²) in [5.41, 5.74) is 0.0331. The molecule has 0 spiro atoms. The number of carbonyl (C=O) groups is 1. The molecule has 1 saturated heterocycles. The summed E-state index contributed by atoms with van der Waals surface area (Å²) in [5, 5.41) is 20.5. The average molecular weight is 287 g/mol. The number of ether oxygens (including phenoxy) is 1. The van der Waals surface area contributed by atoms with Gasteiger partial charge in [0.05, 0.1) is 18.1 Å². The highest BCUT2D eigenvalue weighted by Crippen LogP contribution is 2.33. The largest absolute Gasteiger partial charge is 0.480 e. The van der Waals surface area contributed by atoms with Crippen molar-refractivity contribution in [1.29, 1.82) is 0 Å². The molecule has 1 aliphatic rings. The summed E-state index contributed by atoms with van der Waals surface area (Å²) in [6.07, 6.45) is 0. The minimum Gasteiger partial charge on any atom is -0.480 e. The molecule has 8 heteroatoms. The first-order chi connectivity index (χ1) is 9.00. The van der Waals surface area contributed by atoms with Gasteiger partial charge in [0.2, 0.25) is 0 Å². The van der Waals surface area contributed by atoms with Gasteiger partial charge in [-0.3, -0.25) is 10.1 Å². The zero-order valence-corrected chi connectivity index (χ0v) is 10.5. The Bertz CT molecular complexity index is 522. The Labute approximate surface area is 113 Å². The molecule has 1 aromatic rings. The highest BCUT2D eigenvalue weighted by atomic mass is 35.5. The van der Waals surface area contributed by atoms with Crippen LogP contribution < -0.4 is 4.90 Å². The maximum Gasteiger partial charge on any atom is 0.328 e. The van der Waals surface area contributed by atoms with E-state index in [2.05, 4.69) is 0 Å². The lowest BCUT2D eigenvalue weighted by atomic mass is 10.1. The maximum atomic E-state index is 11.2. The highest BCUT2D eigenvalue weighted by Gasteiger charge is 2.33. The molecule has 1 aliphatic heterocycles. The minimum atomic E-state index is -1.09. The Morgan fingerprint density at radius 1 is 1.58 bits per heavy atom. The van der Waals surface area contributed by atoms with Crippen LogP contribution in [0.15, 0.2) is 18.2 Å². The molecule has 0 amide bonds. The van der Waals surface area contributed by atoms with E-state index in [4.69, 9.17) is 21.4 Å². The van der Waals surface area contributed by atoms with Crippen molar-refractivity contribution in [1.82, 2.24) is 0 Å². The highest BCUT2D eigenvalue weighted by molar-refractivity contribution is 6.31. The molecule has 2 rings (SSSR count). The topological polar surface area (TPSA) is 92.9 Å². The molecule has 0 aliphatic carbocycles. The molecule has 1 aromatic carbocycles. The first kappa shape index (κ1) is 13.6. The van der Waals surface area contributed by atoms with Gasteiger partial charge in [0.15, 0.2) is 6.04 Å². The van der Waals surface area contributed by atoms with Gasteiger partial charge in [-0.1, -0.05) is 11.6 Å². The van der Waals surface area contributed by atoms with E-state index in [0.29, 0.717) is 11.6 Å². The van der Waals surface area contributed by atoms with Gasteiger partial charge in [0.1, 0.15) is 5.69 Å². The van der Waals surface area contributed by atoms with E-state index in [1.807, 2.05) is 0 Å². The van der Waals surface area contributed by atoms with Gasteiger partial charge < -0.3 is 14.7 Å². The van der Waals surface area contributed by atoms with Crippen molar-refractivity contribution in [2.75, 3.05) is 24.7 Å². The monoisotopic (exact) mass is 286 g/mol. The van der Waals surface area contributed by atoms with E-state index < -0.39 is 16.9 Å². The van der Waals surface area contributed by atoms with E-state index >= 15 is 0 Å². The van der Waals surface area contributed by atoms with Crippen molar-refractivity contribution >= 4 is 28.9 Å². The van der Waals surface area contributed by atoms with Crippen molar-refractivity contribution in [3.63, 3.8) is 0 Å². The first-order valence-electron chi connectivity index (χ1n) is 5.52. The molecular formula is C11H11ClN2O5. The Balaban J connectivity index is 2.46. The van der Waals surface area contributed by atoms with Crippen LogP contribution in [0.3, 0.4) is 0 Å². The smallest absolute Gasteiger partial charge is 0.328 e. The molecule has 0 radical (unpaired) electrons. The fraction of sp³-hybridized carbons (Fsp3) is 0.364. The van der Waals surface area contributed by atoms with Crippen LogP contribution in [0.1, 0.15) is 0 Å². The Hall–Kier alpha value is -1.86. The average Bonchev–Trinajstić information content (AvgIpc) is 2.38. The third kappa shape index (κ3) is 2.77. The van der Waals surface area contributed by atoms with Crippen LogP contribution in [0, 0.1) is 10.1 Å². The summed E-state index contributed by atoms with van der Waals surface area (Å²) < 4.78 is 5.10. The summed E-state index contributed by atoms with van der Waals surface area (Å²) in [6.45, 7) is 0.560. The van der Waals surface area contributed by atoms with E-state index in [1.165, 1.54) is 23.1 Å². The number of nitro groups is 1. The van der Waals surface area contributed by atoms with Crippen molar-refractivity contribution in [2.24, 2.45) is 0 Å². The second-order valence-corrected chi connectivity index (χ2v) is 4.45. The molecule has 1 N–H and O–H groups in total. The molecule has 19 heavy (non-hydrogen) atoms. The number of aliphatic carboxylic acids is 1. The Morgan fingerprint density at radius 3 is 2.95 bits per heavy atom. The zero-order chi connectivity index (χ0) is 14.0. The van der Waals surface area contributed by atoms with Gasteiger partial charge >= 0.3 is 5.97 Å². The standard InChI is InChI=1S/C11H11ClN2O5/c12-7-1-2-8(14(17)18)9(5-7)13-3-4-19-6-10(13)11(15)16/h1-2,5,10H,3-4,6H2,(H,15,16). The minimum absolute atomic E-state index is 0.0149. The van der Waals surface area contributed by atoms with Crippen molar-refractivity contribution in [3.05, 3.63) is 33.3 Å². The predicted octanol–water partition coefficient (Wildman–Crippen LogP) is 1.54. The van der Waals surface area contributed by atoms with Crippen LogP contribution in [-0.4, -0.2) is 41.8 Å². The Kier molecular flexibility index (Phi) is 3.87. The molecule has 102 valence electrons. The molecular weight excluding hydrogens is 276 g/mol. The van der Waals surface area contributed by atoms with Gasteiger partial charge in [-0.15, -0.1) is 0 Å². The third-order valence-electron chi connectivity index (χ3n) is 2.86. The number of nitrogens with zero attached hydrogens (tertiary/aromatic N) is 2. The fourth-order valence-electron chi connectivity index (χ4n) is 1.98. The second-order valence-electron chi connectivity index (χ2n) is 4.01. The van der Waals surface area contributed by atoms with E-state index in [0.717, 1.165) is 0 Å². The van der Waals surface area contributed by atoms with E-state index in [1.54, 1.807) is 0 Å². The summed E-state index contributed by atoms with van der Waals surface area (Å²) in [6, 6.07) is 3.12. The molecule has 1 heterocycles. The molecule has 0 aromatic heterocycles. The molecule has 7 nitrogen and oxygen atoms in total. The predicted molar refractivity (Wildman–Crippen MR) is 67.7 cm³/mol. The molecule has 1 atom stereocenters. The number of carboxylic acids is 1. The number of halogens is 1. The maximum absolute atomic E-state index is 11.2. The fourth-order valence-corrected chi connectivity index (χ4v) is 2.14. The van der Waals surface area contributed by atoms with Crippen LogP contribution in [0.5, 0.6) is 0 Å². The number of carboxylic acid groups (broad SMARTS) is 1. The summed E-state index contributed by atoms with van der Waals surface area (Å²) >= 11 is 5.84. The normalized spacial score (nSPS) is 19.2. The molecule has 1 fully saturated rings. The van der Waals surface area contributed by atoms with Crippen LogP contribution in [0.4, 0.5) is 11.4 Å². The van der Waals surface area contributed by atoms with Crippen LogP contribution in [0.2, 0.25) is 5.02 Å². The quantitative estimate of drug-likeness (QED) is 0.669. The zero-order valence-electron chi connectivity index (χ0n) is 9.78. The van der Waals surface area contributed by atoms with Gasteiger partial charge in [-0.2, -0.15) is 0 Å². The Morgan fingerprint density at radius 2 is 2.32 bits per heavy atom. The lowest BCUT2D eigenvalue weighted by Crippen LogP contribution is -2.50. The summed E-state index contributed by atoms with van der Waals surface area (Å²) in [4.78, 5) is 23.1. The second kappa shape index (κ2) is 5.41. The van der Waals surface area contributed by atoms with Gasteiger partial charge in [0.25, 0.3) is 5.69 Å². The third-order valence-corrected chi connectivity index (χ3v) is 3.09. The van der Waals surface area contributed by atoms with Crippen molar-refractivity contribution in [3.8, 4) is 0 Å². The number of morpholine rings is 1. The molecule has 0 bridgehead atoms. The van der Waals surface area contributed by atoms with Crippen molar-refractivity contribution in [2.45, 2.75) is 6.04 Å². The van der Waals surface area contributed by atoms with E-state index in [-0.39, 0.29) is 24.5 Å². The lowest BCUT2D eigenvalue weighted by molar-refractivity contribution is -0.384. The molecule has 0 saturated carbocycles. The summed E-state index contributed by atoms with van der Waals surface area (Å²) in [7, 11) is 0. The lowest BCUT2D eigenvalue weighted by Gasteiger charge is -2.34. The van der Waals surface area contributed by atoms with Gasteiger partial charge in [-0.05, 0) is 12.1 Å². The number of nitro benzene ring substituents is 1.